The van der Waals surface area contributed by atoms with Crippen LogP contribution >= 0.6 is 12.2 Å². The van der Waals surface area contributed by atoms with E-state index in [9.17, 15) is 31.1 Å². The maximum Gasteiger partial charge on any atom is 0.431 e. The van der Waals surface area contributed by atoms with Crippen LogP contribution in [0.2, 0.25) is 0 Å². The lowest BCUT2D eigenvalue weighted by Crippen LogP contribution is -2.25. The van der Waals surface area contributed by atoms with E-state index >= 15 is 0 Å². The van der Waals surface area contributed by atoms with Crippen molar-refractivity contribution in [1.29, 1.82) is 0 Å². The predicted octanol–water partition coefficient (Wildman–Crippen LogP) is 3.99. The van der Waals surface area contributed by atoms with E-state index in [0.29, 0.717) is 11.6 Å². The fourth-order valence-corrected chi connectivity index (χ4v) is 2.07. The molecule has 2 aromatic rings. The highest BCUT2D eigenvalue weighted by atomic mass is 32.1. The van der Waals surface area contributed by atoms with E-state index in [2.05, 4.69) is 0 Å². The van der Waals surface area contributed by atoms with E-state index in [1.54, 1.807) is 0 Å². The van der Waals surface area contributed by atoms with Gasteiger partial charge in [-0.15, -0.1) is 0 Å². The van der Waals surface area contributed by atoms with Crippen LogP contribution in [0.1, 0.15) is 16.8 Å². The van der Waals surface area contributed by atoms with Gasteiger partial charge in [-0.1, -0.05) is 12.1 Å². The Hall–Kier alpha value is -2.10. The van der Waals surface area contributed by atoms with Crippen molar-refractivity contribution in [2.24, 2.45) is 0 Å². The summed E-state index contributed by atoms with van der Waals surface area (Å²) in [4.78, 5) is 13.6. The van der Waals surface area contributed by atoms with Crippen LogP contribution in [0.25, 0.3) is 0 Å². The van der Waals surface area contributed by atoms with Crippen LogP contribution in [0.15, 0.2) is 35.1 Å². The van der Waals surface area contributed by atoms with Gasteiger partial charge < -0.3 is 4.98 Å². The second-order valence-electron chi connectivity index (χ2n) is 4.60. The number of benzene rings is 1. The lowest BCUT2D eigenvalue weighted by molar-refractivity contribution is -0.141. The maximum absolute atomic E-state index is 12.5. The van der Waals surface area contributed by atoms with Crippen LogP contribution in [-0.2, 0) is 18.9 Å². The monoisotopic (exact) mass is 354 g/mol. The molecular formula is C13H8F6N2OS. The average Bonchev–Trinajstić information content (AvgIpc) is 2.41. The molecule has 124 valence electrons. The van der Waals surface area contributed by atoms with Crippen molar-refractivity contribution in [1.82, 2.24) is 9.55 Å². The molecule has 1 aromatic heterocycles. The van der Waals surface area contributed by atoms with Crippen LogP contribution < -0.4 is 5.56 Å². The Morgan fingerprint density at radius 2 is 1.57 bits per heavy atom. The van der Waals surface area contributed by atoms with Gasteiger partial charge in [0.05, 0.1) is 12.1 Å². The Morgan fingerprint density at radius 1 is 1.00 bits per heavy atom. The lowest BCUT2D eigenvalue weighted by Gasteiger charge is -2.11. The molecule has 0 aliphatic carbocycles. The number of halogens is 6. The van der Waals surface area contributed by atoms with Gasteiger partial charge in [-0.3, -0.25) is 9.36 Å². The van der Waals surface area contributed by atoms with Gasteiger partial charge in [-0.2, -0.15) is 26.3 Å². The summed E-state index contributed by atoms with van der Waals surface area (Å²) in [5.41, 5.74) is -2.86. The van der Waals surface area contributed by atoms with Crippen molar-refractivity contribution in [3.63, 3.8) is 0 Å². The fraction of sp³-hybridized carbons (Fsp3) is 0.231. The van der Waals surface area contributed by atoms with Gasteiger partial charge in [0.1, 0.15) is 5.69 Å². The minimum atomic E-state index is -4.75. The van der Waals surface area contributed by atoms with Gasteiger partial charge in [0.2, 0.25) is 0 Å². The number of hydrogen-bond acceptors (Lipinski definition) is 2. The van der Waals surface area contributed by atoms with E-state index in [1.165, 1.54) is 0 Å². The van der Waals surface area contributed by atoms with Crippen molar-refractivity contribution in [3.8, 4) is 0 Å². The molecule has 3 nitrogen and oxygen atoms in total. The molecule has 0 saturated heterocycles. The van der Waals surface area contributed by atoms with Gasteiger partial charge in [0.15, 0.2) is 4.77 Å². The van der Waals surface area contributed by atoms with E-state index < -0.39 is 33.9 Å². The number of rotatable bonds is 2. The highest BCUT2D eigenvalue weighted by Gasteiger charge is 2.32. The standard InChI is InChI=1S/C13H8F6N2OS/c14-12(15,16)8-3-1-7(2-4-8)6-21-10(22)5-9(13(17,18)19)20-11(21)23/h1-5H,6H2,(H,20,23). The normalized spacial score (nSPS) is 12.4. The first kappa shape index (κ1) is 17.3. The smallest absolute Gasteiger partial charge is 0.328 e. The molecule has 0 atom stereocenters. The van der Waals surface area contributed by atoms with Crippen molar-refractivity contribution in [3.05, 3.63) is 62.3 Å². The number of nitrogens with one attached hydrogen (secondary N) is 1. The molecule has 2 rings (SSSR count). The highest BCUT2D eigenvalue weighted by molar-refractivity contribution is 7.71. The third-order valence-corrected chi connectivity index (χ3v) is 3.27. The molecular weight excluding hydrogens is 346 g/mol. The minimum Gasteiger partial charge on any atom is -0.328 e. The number of aromatic nitrogens is 2. The first-order valence-electron chi connectivity index (χ1n) is 6.06. The lowest BCUT2D eigenvalue weighted by atomic mass is 10.1. The maximum atomic E-state index is 12.5. The van der Waals surface area contributed by atoms with Crippen LogP contribution in [0, 0.1) is 4.77 Å². The quantitative estimate of drug-likeness (QED) is 0.654. The molecule has 1 heterocycles. The molecule has 0 fully saturated rings. The molecule has 0 bridgehead atoms. The van der Waals surface area contributed by atoms with E-state index in [-0.39, 0.29) is 6.54 Å². The summed E-state index contributed by atoms with van der Waals surface area (Å²) in [5.74, 6) is 0. The zero-order chi connectivity index (χ0) is 17.4. The van der Waals surface area contributed by atoms with Gasteiger partial charge in [-0.05, 0) is 29.9 Å². The zero-order valence-electron chi connectivity index (χ0n) is 11.1. The molecule has 0 radical (unpaired) electrons. The predicted molar refractivity (Wildman–Crippen MR) is 71.4 cm³/mol. The topological polar surface area (TPSA) is 37.8 Å². The summed E-state index contributed by atoms with van der Waals surface area (Å²) in [7, 11) is 0. The average molecular weight is 354 g/mol. The van der Waals surface area contributed by atoms with Gasteiger partial charge >= 0.3 is 12.4 Å². The Balaban J connectivity index is 2.35. The molecule has 1 N–H and O–H groups in total. The Kier molecular flexibility index (Phi) is 4.38. The van der Waals surface area contributed by atoms with Crippen LogP contribution in [-0.4, -0.2) is 9.55 Å². The summed E-state index contributed by atoms with van der Waals surface area (Å²) in [6, 6.07) is 4.23. The van der Waals surface area contributed by atoms with Crippen molar-refractivity contribution in [2.75, 3.05) is 0 Å². The second-order valence-corrected chi connectivity index (χ2v) is 4.99. The van der Waals surface area contributed by atoms with Gasteiger partial charge in [0.25, 0.3) is 5.56 Å². The summed E-state index contributed by atoms with van der Waals surface area (Å²) in [5, 5.41) is 0. The summed E-state index contributed by atoms with van der Waals surface area (Å²) < 4.78 is 75.3. The molecule has 0 aliphatic rings. The molecule has 0 aliphatic heterocycles. The zero-order valence-corrected chi connectivity index (χ0v) is 11.9. The first-order valence-corrected chi connectivity index (χ1v) is 6.47. The van der Waals surface area contributed by atoms with Gasteiger partial charge in [-0.25, -0.2) is 0 Å². The summed E-state index contributed by atoms with van der Waals surface area (Å²) in [6.45, 7) is -0.246. The highest BCUT2D eigenvalue weighted by Crippen LogP contribution is 2.29. The van der Waals surface area contributed by atoms with Gasteiger partial charge in [0, 0.05) is 6.07 Å². The summed E-state index contributed by atoms with van der Waals surface area (Å²) in [6.07, 6.45) is -9.25. The first-order chi connectivity index (χ1) is 10.5. The Bertz CT molecular complexity index is 785. The summed E-state index contributed by atoms with van der Waals surface area (Å²) >= 11 is 4.71. The van der Waals surface area contributed by atoms with E-state index in [1.807, 2.05) is 4.98 Å². The van der Waals surface area contributed by atoms with Crippen molar-refractivity contribution >= 4 is 12.2 Å². The van der Waals surface area contributed by atoms with E-state index in [0.717, 1.165) is 28.8 Å². The number of nitrogens with zero attached hydrogens (tertiary/aromatic N) is 1. The number of alkyl halides is 6. The molecule has 0 saturated carbocycles. The third-order valence-electron chi connectivity index (χ3n) is 2.95. The molecule has 0 amide bonds. The second kappa shape index (κ2) is 5.84. The van der Waals surface area contributed by atoms with Crippen molar-refractivity contribution < 1.29 is 26.3 Å². The third kappa shape index (κ3) is 4.01. The fourth-order valence-electron chi connectivity index (χ4n) is 1.80. The molecule has 1 aromatic carbocycles. The van der Waals surface area contributed by atoms with E-state index in [4.69, 9.17) is 12.2 Å². The SMILES string of the molecule is O=c1cc(C(F)(F)F)[nH]c(=S)n1Cc1ccc(C(F)(F)F)cc1. The molecule has 10 heteroatoms. The number of hydrogen-bond donors (Lipinski definition) is 1. The Morgan fingerprint density at radius 3 is 2.00 bits per heavy atom. The number of aromatic amines is 1. The number of H-pyrrole nitrogens is 1. The molecule has 0 spiro atoms. The largest absolute Gasteiger partial charge is 0.431 e. The van der Waals surface area contributed by atoms with Crippen LogP contribution in [0.4, 0.5) is 26.3 Å². The molecule has 23 heavy (non-hydrogen) atoms. The molecule has 0 unspecified atom stereocenters. The van der Waals surface area contributed by atoms with Crippen molar-refractivity contribution in [2.45, 2.75) is 18.9 Å². The van der Waals surface area contributed by atoms with Crippen LogP contribution in [0.5, 0.6) is 0 Å². The Labute approximate surface area is 130 Å². The van der Waals surface area contributed by atoms with Crippen LogP contribution in [0.3, 0.4) is 0 Å². The minimum absolute atomic E-state index is 0.246.